The van der Waals surface area contributed by atoms with Crippen molar-refractivity contribution in [3.05, 3.63) is 24.2 Å². The van der Waals surface area contributed by atoms with Gasteiger partial charge in [0.15, 0.2) is 0 Å². The normalized spacial score (nSPS) is 17.5. The summed E-state index contributed by atoms with van der Waals surface area (Å²) < 4.78 is 0. The molecule has 0 atom stereocenters. The Kier molecular flexibility index (Phi) is 2.45. The molecule has 2 heterocycles. The maximum absolute atomic E-state index is 2.48. The van der Waals surface area contributed by atoms with E-state index in [-0.39, 0.29) is 0 Å². The molecule has 12 heavy (non-hydrogen) atoms. The predicted octanol–water partition coefficient (Wildman–Crippen LogP) is 2.01. The molecule has 1 saturated heterocycles. The minimum absolute atomic E-state index is 1.24. The summed E-state index contributed by atoms with van der Waals surface area (Å²) in [5.74, 6) is 2.12. The molecule has 1 aromatic rings. The second-order valence-electron chi connectivity index (χ2n) is 3.38. The van der Waals surface area contributed by atoms with Crippen molar-refractivity contribution in [2.75, 3.05) is 18.0 Å². The average molecular weight is 159 g/mol. The van der Waals surface area contributed by atoms with E-state index in [1.807, 2.05) is 0 Å². The van der Waals surface area contributed by atoms with Gasteiger partial charge in [-0.15, -0.1) is 0 Å². The SMILES string of the molecule is b1ccccc1N1CCCCC1. The van der Waals surface area contributed by atoms with Crippen LogP contribution in [-0.2, 0) is 0 Å². The first-order valence-corrected chi connectivity index (χ1v) is 4.77. The Morgan fingerprint density at radius 2 is 1.92 bits per heavy atom. The van der Waals surface area contributed by atoms with Gasteiger partial charge < -0.3 is 0 Å². The van der Waals surface area contributed by atoms with E-state index >= 15 is 0 Å². The first kappa shape index (κ1) is 7.84. The Labute approximate surface area is 74.6 Å². The van der Waals surface area contributed by atoms with Crippen LogP contribution >= 0.6 is 0 Å². The fourth-order valence-electron chi connectivity index (χ4n) is 1.79. The van der Waals surface area contributed by atoms with Gasteiger partial charge in [0.05, 0.1) is 0 Å². The quantitative estimate of drug-likeness (QED) is 0.605. The van der Waals surface area contributed by atoms with E-state index < -0.39 is 0 Å². The monoisotopic (exact) mass is 159 g/mol. The molecule has 0 N–H and O–H groups in total. The molecule has 0 unspecified atom stereocenters. The van der Waals surface area contributed by atoms with Crippen LogP contribution in [0.5, 0.6) is 0 Å². The van der Waals surface area contributed by atoms with Gasteiger partial charge in [-0.1, -0.05) is 0 Å². The molecule has 1 fully saturated rings. The van der Waals surface area contributed by atoms with Crippen LogP contribution < -0.4 is 4.90 Å². The summed E-state index contributed by atoms with van der Waals surface area (Å²) in [5, 5.41) is 0. The van der Waals surface area contributed by atoms with Gasteiger partial charge in [0, 0.05) is 0 Å². The van der Waals surface area contributed by atoms with Crippen molar-refractivity contribution in [3.8, 4) is 0 Å². The van der Waals surface area contributed by atoms with Gasteiger partial charge in [0.2, 0.25) is 0 Å². The van der Waals surface area contributed by atoms with Crippen LogP contribution in [0.3, 0.4) is 0 Å². The Morgan fingerprint density at radius 3 is 2.58 bits per heavy atom. The molecule has 0 radical (unpaired) electrons. The molecule has 2 heteroatoms. The van der Waals surface area contributed by atoms with Gasteiger partial charge in [0.1, 0.15) is 0 Å². The van der Waals surface area contributed by atoms with Gasteiger partial charge >= 0.3 is 73.9 Å². The third-order valence-corrected chi connectivity index (χ3v) is 2.48. The minimum atomic E-state index is 1.24. The summed E-state index contributed by atoms with van der Waals surface area (Å²) >= 11 is 0. The summed E-state index contributed by atoms with van der Waals surface area (Å²) in [4.78, 5) is 2.48. The van der Waals surface area contributed by atoms with Crippen molar-refractivity contribution < 1.29 is 0 Å². The third-order valence-electron chi connectivity index (χ3n) is 2.48. The number of hydrogen-bond donors (Lipinski definition) is 0. The Bertz CT molecular complexity index is 229. The van der Waals surface area contributed by atoms with Crippen LogP contribution in [0.4, 0.5) is 5.58 Å². The van der Waals surface area contributed by atoms with Gasteiger partial charge in [-0.25, -0.2) is 0 Å². The molecule has 0 aromatic carbocycles. The summed E-state index contributed by atoms with van der Waals surface area (Å²) in [5.41, 5.74) is 1.39. The number of anilines is 1. The fraction of sp³-hybridized carbons (Fsp3) is 0.500. The zero-order valence-electron chi connectivity index (χ0n) is 7.37. The molecule has 0 amide bonds. The summed E-state index contributed by atoms with van der Waals surface area (Å²) in [6.45, 7) is 4.68. The van der Waals surface area contributed by atoms with Gasteiger partial charge in [-0.3, -0.25) is 0 Å². The first-order chi connectivity index (χ1) is 5.97. The number of rotatable bonds is 1. The second-order valence-corrected chi connectivity index (χ2v) is 3.38. The molecule has 0 spiro atoms. The van der Waals surface area contributed by atoms with E-state index in [1.54, 1.807) is 0 Å². The average Bonchev–Trinajstić information content (AvgIpc) is 2.21. The third kappa shape index (κ3) is 1.68. The molecule has 1 nitrogen and oxygen atoms in total. The zero-order valence-corrected chi connectivity index (χ0v) is 7.37. The fourth-order valence-corrected chi connectivity index (χ4v) is 1.79. The van der Waals surface area contributed by atoms with Crippen LogP contribution in [0.2, 0.25) is 0 Å². The van der Waals surface area contributed by atoms with Crippen LogP contribution in [0.1, 0.15) is 19.3 Å². The van der Waals surface area contributed by atoms with Crippen molar-refractivity contribution in [3.63, 3.8) is 0 Å². The van der Waals surface area contributed by atoms with E-state index in [9.17, 15) is 0 Å². The molecule has 62 valence electrons. The Morgan fingerprint density at radius 1 is 1.08 bits per heavy atom. The maximum atomic E-state index is 2.48. The molecule has 1 aliphatic heterocycles. The van der Waals surface area contributed by atoms with Crippen molar-refractivity contribution in [2.45, 2.75) is 19.3 Å². The molecule has 0 saturated carbocycles. The number of piperidine rings is 1. The summed E-state index contributed by atoms with van der Waals surface area (Å²) in [7, 11) is 0. The first-order valence-electron chi connectivity index (χ1n) is 4.77. The van der Waals surface area contributed by atoms with E-state index in [4.69, 9.17) is 0 Å². The Balaban J connectivity index is 2.08. The van der Waals surface area contributed by atoms with E-state index in [1.165, 1.54) is 37.9 Å². The molecule has 1 aromatic heterocycles. The van der Waals surface area contributed by atoms with Gasteiger partial charge in [-0.2, -0.15) is 0 Å². The standard InChI is InChI=1S/C10H14BN/c1-4-8-12(9-5-1)10-6-2-3-7-11-10/h2-3,6-7H,1,4-5,8-9H2. The van der Waals surface area contributed by atoms with Crippen LogP contribution in [0.15, 0.2) is 24.2 Å². The van der Waals surface area contributed by atoms with Crippen molar-refractivity contribution >= 4 is 12.5 Å². The van der Waals surface area contributed by atoms with Crippen molar-refractivity contribution in [2.24, 2.45) is 0 Å². The summed E-state index contributed by atoms with van der Waals surface area (Å²) in [6, 6.07) is 6.39. The topological polar surface area (TPSA) is 3.24 Å². The molecular formula is C10H14BN. The van der Waals surface area contributed by atoms with Gasteiger partial charge in [0.25, 0.3) is 0 Å². The van der Waals surface area contributed by atoms with E-state index in [0.717, 1.165) is 0 Å². The molecule has 2 rings (SSSR count). The number of hydrogen-bond acceptors (Lipinski definition) is 1. The van der Waals surface area contributed by atoms with Crippen molar-refractivity contribution in [1.82, 2.24) is 0 Å². The molecule has 0 aliphatic carbocycles. The molecular weight excluding hydrogens is 145 g/mol. The Hall–Kier alpha value is -0.785. The van der Waals surface area contributed by atoms with E-state index in [0.29, 0.717) is 0 Å². The van der Waals surface area contributed by atoms with Gasteiger partial charge in [-0.05, 0) is 0 Å². The zero-order chi connectivity index (χ0) is 8.23. The van der Waals surface area contributed by atoms with Crippen LogP contribution in [-0.4, -0.2) is 20.0 Å². The second kappa shape index (κ2) is 3.75. The number of nitrogens with zero attached hydrogens (tertiary/aromatic N) is 1. The van der Waals surface area contributed by atoms with Crippen LogP contribution in [0, 0.1) is 0 Å². The predicted molar refractivity (Wildman–Crippen MR) is 53.9 cm³/mol. The van der Waals surface area contributed by atoms with E-state index in [2.05, 4.69) is 36.0 Å². The molecule has 1 aliphatic rings. The van der Waals surface area contributed by atoms with Crippen LogP contribution in [0.25, 0.3) is 0 Å². The molecule has 0 bridgehead atoms. The summed E-state index contributed by atoms with van der Waals surface area (Å²) in [6.07, 6.45) is 4.12. The van der Waals surface area contributed by atoms with Crippen molar-refractivity contribution in [1.29, 1.82) is 0 Å².